The molecule has 0 saturated carbocycles. The third-order valence-electron chi connectivity index (χ3n) is 3.87. The van der Waals surface area contributed by atoms with E-state index in [4.69, 9.17) is 8.83 Å². The number of amides is 2. The minimum absolute atomic E-state index is 0. The molecule has 0 aliphatic rings. The quantitative estimate of drug-likeness (QED) is 0.239. The molecule has 2 aromatic heterocycles. The average Bonchev–Trinajstić information content (AvgIpc) is 3.55. The summed E-state index contributed by atoms with van der Waals surface area (Å²) in [5.41, 5.74) is 5.95. The van der Waals surface area contributed by atoms with Crippen molar-refractivity contribution < 1.29 is 37.9 Å². The first kappa shape index (κ1) is 25.2. The summed E-state index contributed by atoms with van der Waals surface area (Å²) in [4.78, 5) is 23.0. The topological polar surface area (TPSA) is 109 Å². The van der Waals surface area contributed by atoms with Crippen molar-refractivity contribution in [2.24, 2.45) is 10.2 Å². The SMILES string of the molecule is O=C(N/N=C/c1ccco1)c1ccccc1.O=C(N/N=C/c1ccco1)c1ccccc1.[Zn]. The summed E-state index contributed by atoms with van der Waals surface area (Å²) in [5.74, 6) is 0.688. The fourth-order valence-corrected chi connectivity index (χ4v) is 2.35. The molecule has 0 atom stereocenters. The van der Waals surface area contributed by atoms with Crippen LogP contribution in [0.3, 0.4) is 0 Å². The zero-order valence-electron chi connectivity index (χ0n) is 17.6. The van der Waals surface area contributed by atoms with Crippen molar-refractivity contribution in [2.45, 2.75) is 0 Å². The van der Waals surface area contributed by atoms with E-state index in [1.807, 2.05) is 12.1 Å². The molecule has 2 aromatic carbocycles. The Hall–Kier alpha value is -4.10. The van der Waals surface area contributed by atoms with Gasteiger partial charge in [0.15, 0.2) is 0 Å². The third-order valence-corrected chi connectivity index (χ3v) is 3.87. The van der Waals surface area contributed by atoms with Gasteiger partial charge in [0, 0.05) is 30.6 Å². The van der Waals surface area contributed by atoms with Gasteiger partial charge in [-0.3, -0.25) is 9.59 Å². The van der Waals surface area contributed by atoms with Gasteiger partial charge in [0.05, 0.1) is 25.0 Å². The van der Waals surface area contributed by atoms with Crippen LogP contribution in [0.2, 0.25) is 0 Å². The second-order valence-electron chi connectivity index (χ2n) is 6.16. The number of benzene rings is 2. The minimum Gasteiger partial charge on any atom is -0.463 e. The summed E-state index contributed by atoms with van der Waals surface area (Å²) in [6.07, 6.45) is 5.97. The molecule has 0 radical (unpaired) electrons. The fourth-order valence-electron chi connectivity index (χ4n) is 2.35. The van der Waals surface area contributed by atoms with Gasteiger partial charge < -0.3 is 8.83 Å². The molecule has 0 aliphatic carbocycles. The van der Waals surface area contributed by atoms with Gasteiger partial charge in [0.2, 0.25) is 0 Å². The summed E-state index contributed by atoms with van der Waals surface area (Å²) in [6, 6.07) is 24.8. The Morgan fingerprint density at radius 3 is 1.33 bits per heavy atom. The summed E-state index contributed by atoms with van der Waals surface area (Å²) in [5, 5.41) is 7.54. The molecule has 4 rings (SSSR count). The molecule has 162 valence electrons. The van der Waals surface area contributed by atoms with Gasteiger partial charge in [-0.15, -0.1) is 0 Å². The number of carbonyl (C=O) groups excluding carboxylic acids is 2. The Bertz CT molecular complexity index is 1050. The smallest absolute Gasteiger partial charge is 0.271 e. The Morgan fingerprint density at radius 1 is 0.606 bits per heavy atom. The predicted octanol–water partition coefficient (Wildman–Crippen LogP) is 4.08. The summed E-state index contributed by atoms with van der Waals surface area (Å²) >= 11 is 0. The zero-order chi connectivity index (χ0) is 22.4. The minimum atomic E-state index is -0.247. The first-order valence-electron chi connectivity index (χ1n) is 9.56. The van der Waals surface area contributed by atoms with E-state index in [-0.39, 0.29) is 31.3 Å². The maximum absolute atomic E-state index is 11.5. The number of hydrazone groups is 2. The number of nitrogens with one attached hydrogen (secondary N) is 2. The summed E-state index contributed by atoms with van der Waals surface area (Å²) in [7, 11) is 0. The maximum atomic E-state index is 11.5. The van der Waals surface area contributed by atoms with Crippen LogP contribution >= 0.6 is 0 Å². The number of nitrogens with zero attached hydrogens (tertiary/aromatic N) is 2. The molecule has 0 saturated heterocycles. The van der Waals surface area contributed by atoms with Crippen LogP contribution in [0.1, 0.15) is 32.2 Å². The number of hydrogen-bond donors (Lipinski definition) is 2. The van der Waals surface area contributed by atoms with Gasteiger partial charge in [0.1, 0.15) is 11.5 Å². The molecule has 9 heteroatoms. The van der Waals surface area contributed by atoms with E-state index >= 15 is 0 Å². The van der Waals surface area contributed by atoms with Gasteiger partial charge in [-0.1, -0.05) is 36.4 Å². The molecule has 0 fully saturated rings. The van der Waals surface area contributed by atoms with E-state index in [9.17, 15) is 9.59 Å². The van der Waals surface area contributed by atoms with Crippen molar-refractivity contribution in [3.63, 3.8) is 0 Å². The summed E-state index contributed by atoms with van der Waals surface area (Å²) in [6.45, 7) is 0. The first-order valence-corrected chi connectivity index (χ1v) is 9.56. The largest absolute Gasteiger partial charge is 0.463 e. The van der Waals surface area contributed by atoms with Crippen molar-refractivity contribution in [3.05, 3.63) is 120 Å². The molecule has 0 aliphatic heterocycles. The normalized spacial score (nSPS) is 10.2. The molecular formula is C24H20N4O4Zn. The van der Waals surface area contributed by atoms with E-state index in [0.29, 0.717) is 22.6 Å². The standard InChI is InChI=1S/2C12H10N2O2.Zn/c2*15-12(10-5-2-1-3-6-10)14-13-9-11-7-4-8-16-11;/h2*1-9H,(H,14,15);/b2*13-9+;. The number of hydrogen-bond acceptors (Lipinski definition) is 6. The van der Waals surface area contributed by atoms with Crippen molar-refractivity contribution in [1.29, 1.82) is 0 Å². The number of furan rings is 2. The van der Waals surface area contributed by atoms with Crippen LogP contribution in [0.5, 0.6) is 0 Å². The van der Waals surface area contributed by atoms with Crippen LogP contribution in [0.4, 0.5) is 0 Å². The van der Waals surface area contributed by atoms with Crippen molar-refractivity contribution in [2.75, 3.05) is 0 Å². The molecule has 0 unspecified atom stereocenters. The van der Waals surface area contributed by atoms with Gasteiger partial charge in [-0.25, -0.2) is 10.9 Å². The fraction of sp³-hybridized carbons (Fsp3) is 0. The van der Waals surface area contributed by atoms with Crippen LogP contribution in [-0.2, 0) is 19.5 Å². The van der Waals surface area contributed by atoms with E-state index in [1.165, 1.54) is 12.4 Å². The van der Waals surface area contributed by atoms with Crippen molar-refractivity contribution in [3.8, 4) is 0 Å². The monoisotopic (exact) mass is 492 g/mol. The van der Waals surface area contributed by atoms with E-state index < -0.39 is 0 Å². The molecule has 0 bridgehead atoms. The second kappa shape index (κ2) is 14.1. The van der Waals surface area contributed by atoms with Crippen molar-refractivity contribution in [1.82, 2.24) is 10.9 Å². The molecule has 4 aromatic rings. The van der Waals surface area contributed by atoms with E-state index in [1.54, 1.807) is 85.3 Å². The average molecular weight is 494 g/mol. The molecule has 2 N–H and O–H groups in total. The Morgan fingerprint density at radius 2 is 1.00 bits per heavy atom. The zero-order valence-corrected chi connectivity index (χ0v) is 20.6. The van der Waals surface area contributed by atoms with Crippen molar-refractivity contribution >= 4 is 24.2 Å². The second-order valence-corrected chi connectivity index (χ2v) is 6.16. The molecular weight excluding hydrogens is 474 g/mol. The van der Waals surface area contributed by atoms with Crippen LogP contribution in [0.25, 0.3) is 0 Å². The third kappa shape index (κ3) is 8.89. The number of rotatable bonds is 6. The van der Waals surface area contributed by atoms with E-state index in [2.05, 4.69) is 21.1 Å². The summed E-state index contributed by atoms with van der Waals surface area (Å²) < 4.78 is 10.0. The Kier molecular flexibility index (Phi) is 10.7. The molecule has 0 spiro atoms. The van der Waals surface area contributed by atoms with Crippen LogP contribution in [0, 0.1) is 0 Å². The predicted molar refractivity (Wildman–Crippen MR) is 120 cm³/mol. The van der Waals surface area contributed by atoms with Gasteiger partial charge in [-0.2, -0.15) is 10.2 Å². The molecule has 2 amide bonds. The number of carbonyl (C=O) groups is 2. The maximum Gasteiger partial charge on any atom is 0.271 e. The Labute approximate surface area is 203 Å². The van der Waals surface area contributed by atoms with Gasteiger partial charge >= 0.3 is 0 Å². The van der Waals surface area contributed by atoms with Gasteiger partial charge in [0.25, 0.3) is 11.8 Å². The molecule has 33 heavy (non-hydrogen) atoms. The molecule has 8 nitrogen and oxygen atoms in total. The van der Waals surface area contributed by atoms with Crippen LogP contribution in [0.15, 0.2) is 116 Å². The first-order chi connectivity index (χ1) is 15.7. The van der Waals surface area contributed by atoms with Crippen LogP contribution < -0.4 is 10.9 Å². The van der Waals surface area contributed by atoms with Gasteiger partial charge in [-0.05, 0) is 48.5 Å². The van der Waals surface area contributed by atoms with Crippen LogP contribution in [-0.4, -0.2) is 24.2 Å². The van der Waals surface area contributed by atoms with E-state index in [0.717, 1.165) is 0 Å². The Balaban J connectivity index is 0.000000227. The molecule has 2 heterocycles.